The zero-order valence-corrected chi connectivity index (χ0v) is 28.2. The van der Waals surface area contributed by atoms with E-state index in [-0.39, 0.29) is 18.6 Å². The first-order valence-corrected chi connectivity index (χ1v) is 15.9. The number of aliphatic carboxylic acids is 1. The van der Waals surface area contributed by atoms with Gasteiger partial charge in [-0.1, -0.05) is 18.2 Å². The SMILES string of the molecule is C[C@H](N)C(=O)N(C)[C@@H](C)[C@H](NC(=O)[C@H](C)NC(=O)N[C@@H](Cc1c[nH]c2ccccc12)C(=O)O)C(=O)N/C=C1/CC(O)C(n2ccc(=O)[nH]c2=O)O1. The van der Waals surface area contributed by atoms with Crippen molar-refractivity contribution in [2.45, 2.75) is 76.2 Å². The third-order valence-corrected chi connectivity index (χ3v) is 8.37. The van der Waals surface area contributed by atoms with Crippen molar-refractivity contribution >= 4 is 40.6 Å². The molecule has 4 rings (SSSR count). The number of hydrogen-bond donors (Lipinski definition) is 9. The molecule has 5 amide bonds. The number of ether oxygens (including phenoxy) is 1. The molecule has 19 heteroatoms. The third kappa shape index (κ3) is 9.19. The van der Waals surface area contributed by atoms with Gasteiger partial charge in [0.15, 0.2) is 0 Å². The molecule has 1 saturated heterocycles. The number of carbonyl (C=O) groups excluding carboxylic acids is 4. The summed E-state index contributed by atoms with van der Waals surface area (Å²) in [7, 11) is 1.39. The average Bonchev–Trinajstić information content (AvgIpc) is 3.66. The Bertz CT molecular complexity index is 1930. The van der Waals surface area contributed by atoms with Crippen LogP contribution in [-0.2, 0) is 30.3 Å². The fourth-order valence-corrected chi connectivity index (χ4v) is 5.40. The highest BCUT2D eigenvalue weighted by molar-refractivity contribution is 5.93. The summed E-state index contributed by atoms with van der Waals surface area (Å²) >= 11 is 0. The highest BCUT2D eigenvalue weighted by Crippen LogP contribution is 2.29. The summed E-state index contributed by atoms with van der Waals surface area (Å²) in [4.78, 5) is 94.2. The second kappa shape index (κ2) is 16.2. The number of carbonyl (C=O) groups is 5. The monoisotopic (exact) mass is 711 g/mol. The van der Waals surface area contributed by atoms with Crippen LogP contribution in [0.25, 0.3) is 10.9 Å². The summed E-state index contributed by atoms with van der Waals surface area (Å²) in [5.41, 5.74) is 5.74. The zero-order valence-electron chi connectivity index (χ0n) is 28.2. The van der Waals surface area contributed by atoms with Gasteiger partial charge in [0.1, 0.15) is 30.0 Å². The lowest BCUT2D eigenvalue weighted by molar-refractivity contribution is -0.139. The van der Waals surface area contributed by atoms with Crippen molar-refractivity contribution in [1.29, 1.82) is 0 Å². The first-order valence-electron chi connectivity index (χ1n) is 15.9. The summed E-state index contributed by atoms with van der Waals surface area (Å²) in [5, 5.41) is 30.8. The van der Waals surface area contributed by atoms with Crippen molar-refractivity contribution in [3.05, 3.63) is 81.1 Å². The molecule has 0 bridgehead atoms. The predicted molar refractivity (Wildman–Crippen MR) is 181 cm³/mol. The number of nitrogens with zero attached hydrogens (tertiary/aromatic N) is 2. The molecular formula is C32H41N9O10. The van der Waals surface area contributed by atoms with E-state index in [0.717, 1.165) is 33.9 Å². The molecule has 10 N–H and O–H groups in total. The smallest absolute Gasteiger partial charge is 0.331 e. The van der Waals surface area contributed by atoms with Crippen molar-refractivity contribution < 1.29 is 38.9 Å². The number of nitrogens with one attached hydrogen (secondary N) is 6. The van der Waals surface area contributed by atoms with E-state index in [1.54, 1.807) is 12.3 Å². The minimum atomic E-state index is -1.42. The molecule has 274 valence electrons. The molecule has 3 aromatic rings. The summed E-state index contributed by atoms with van der Waals surface area (Å²) in [6.45, 7) is 4.25. The van der Waals surface area contributed by atoms with Gasteiger partial charge in [-0.15, -0.1) is 0 Å². The van der Waals surface area contributed by atoms with E-state index in [2.05, 4.69) is 31.2 Å². The number of nitrogens with two attached hydrogens (primary N) is 1. The molecule has 2 unspecified atom stereocenters. The Kier molecular flexibility index (Phi) is 12.0. The van der Waals surface area contributed by atoms with E-state index in [1.165, 1.54) is 32.7 Å². The predicted octanol–water partition coefficient (Wildman–Crippen LogP) is -1.68. The summed E-state index contributed by atoms with van der Waals surface area (Å²) in [5.74, 6) is -3.45. The molecule has 0 saturated carbocycles. The molecule has 1 aromatic carbocycles. The summed E-state index contributed by atoms with van der Waals surface area (Å²) < 4.78 is 6.60. The van der Waals surface area contributed by atoms with Crippen LogP contribution < -0.4 is 38.2 Å². The largest absolute Gasteiger partial charge is 0.480 e. The normalized spacial score (nSPS) is 19.2. The van der Waals surface area contributed by atoms with Crippen LogP contribution in [0.15, 0.2) is 64.3 Å². The van der Waals surface area contributed by atoms with Gasteiger partial charge in [-0.2, -0.15) is 0 Å². The zero-order chi connectivity index (χ0) is 37.6. The maximum atomic E-state index is 13.5. The van der Waals surface area contributed by atoms with E-state index in [0.29, 0.717) is 5.56 Å². The number of aliphatic hydroxyl groups is 1. The first kappa shape index (κ1) is 37.9. The molecule has 19 nitrogen and oxygen atoms in total. The number of aromatic nitrogens is 3. The Balaban J connectivity index is 1.44. The number of aromatic amines is 2. The lowest BCUT2D eigenvalue weighted by atomic mass is 10.1. The topological polar surface area (TPSA) is 283 Å². The number of urea groups is 1. The molecular weight excluding hydrogens is 670 g/mol. The molecule has 0 aliphatic carbocycles. The fraction of sp³-hybridized carbons (Fsp3) is 0.406. The van der Waals surface area contributed by atoms with Gasteiger partial charge in [-0.05, 0) is 32.4 Å². The van der Waals surface area contributed by atoms with Gasteiger partial charge in [-0.3, -0.25) is 28.7 Å². The molecule has 0 spiro atoms. The van der Waals surface area contributed by atoms with Gasteiger partial charge >= 0.3 is 17.7 Å². The quantitative estimate of drug-likeness (QED) is 0.0965. The molecule has 0 radical (unpaired) electrons. The van der Waals surface area contributed by atoms with Crippen LogP contribution in [0, 0.1) is 0 Å². The Labute approximate surface area is 290 Å². The van der Waals surface area contributed by atoms with Crippen LogP contribution in [-0.4, -0.2) is 103 Å². The van der Waals surface area contributed by atoms with Crippen LogP contribution in [0.4, 0.5) is 4.79 Å². The molecule has 1 fully saturated rings. The fourth-order valence-electron chi connectivity index (χ4n) is 5.40. The Morgan fingerprint density at radius 1 is 1.08 bits per heavy atom. The van der Waals surface area contributed by atoms with E-state index >= 15 is 0 Å². The minimum absolute atomic E-state index is 0.0500. The average molecular weight is 712 g/mol. The lowest BCUT2D eigenvalue weighted by Crippen LogP contribution is -2.61. The van der Waals surface area contributed by atoms with Crippen molar-refractivity contribution in [2.24, 2.45) is 5.73 Å². The number of benzene rings is 1. The van der Waals surface area contributed by atoms with Gasteiger partial charge in [0, 0.05) is 55.5 Å². The second-order valence-electron chi connectivity index (χ2n) is 12.2. The van der Waals surface area contributed by atoms with Gasteiger partial charge < -0.3 is 51.8 Å². The summed E-state index contributed by atoms with van der Waals surface area (Å²) in [6.07, 6.45) is 1.32. The van der Waals surface area contributed by atoms with Crippen molar-refractivity contribution in [3.63, 3.8) is 0 Å². The number of fused-ring (bicyclic) bond motifs is 1. The molecule has 7 atom stereocenters. The number of rotatable bonds is 13. The molecule has 51 heavy (non-hydrogen) atoms. The highest BCUT2D eigenvalue weighted by atomic mass is 16.5. The standard InChI is InChI=1S/C32H41N9O10/c1-15(33)28(46)40(4)17(3)25(27(45)35-14-19-12-23(42)29(51-19)41-10-9-24(43)38-32(41)50)39-26(44)16(2)36-31(49)37-22(30(47)48)11-18-13-34-21-8-6-5-7-20(18)21/h5-10,13-17,22-23,25,29,34,42H,11-12,33H2,1-4H3,(H,35,45)(H,39,44)(H,47,48)(H2,36,37,49)(H,38,43,50)/b19-14-/t15-,16-,17-,22-,23?,25-,29?/m0/s1. The lowest BCUT2D eigenvalue weighted by Gasteiger charge is -2.33. The Morgan fingerprint density at radius 2 is 1.78 bits per heavy atom. The van der Waals surface area contributed by atoms with Crippen molar-refractivity contribution in [3.8, 4) is 0 Å². The van der Waals surface area contributed by atoms with Crippen molar-refractivity contribution in [2.75, 3.05) is 7.05 Å². The molecule has 1 aliphatic heterocycles. The third-order valence-electron chi connectivity index (χ3n) is 8.37. The number of carboxylic acids is 1. The molecule has 2 aromatic heterocycles. The highest BCUT2D eigenvalue weighted by Gasteiger charge is 2.36. The van der Waals surface area contributed by atoms with Gasteiger partial charge in [0.05, 0.1) is 12.1 Å². The number of para-hydroxylation sites is 1. The first-order chi connectivity index (χ1) is 24.1. The van der Waals surface area contributed by atoms with Gasteiger partial charge in [-0.25, -0.2) is 14.4 Å². The number of hydrogen-bond acceptors (Lipinski definition) is 10. The molecule has 1 aliphatic rings. The van der Waals surface area contributed by atoms with Crippen LogP contribution in [0.1, 0.15) is 39.0 Å². The number of aliphatic hydroxyl groups excluding tert-OH is 1. The van der Waals surface area contributed by atoms with Crippen molar-refractivity contribution in [1.82, 2.24) is 40.7 Å². The van der Waals surface area contributed by atoms with Crippen LogP contribution in [0.3, 0.4) is 0 Å². The minimum Gasteiger partial charge on any atom is -0.480 e. The molecule has 3 heterocycles. The van der Waals surface area contributed by atoms with E-state index in [1.807, 2.05) is 18.2 Å². The van der Waals surface area contributed by atoms with E-state index in [4.69, 9.17) is 10.5 Å². The van der Waals surface area contributed by atoms with Gasteiger partial charge in [0.2, 0.25) is 23.9 Å². The number of likely N-dealkylation sites (N-methyl/N-ethyl adjacent to an activating group) is 1. The Morgan fingerprint density at radius 3 is 2.45 bits per heavy atom. The Hall–Kier alpha value is -5.95. The van der Waals surface area contributed by atoms with Crippen LogP contribution >= 0.6 is 0 Å². The number of H-pyrrole nitrogens is 2. The maximum Gasteiger partial charge on any atom is 0.331 e. The number of carboxylic acid groups (broad SMARTS) is 1. The van der Waals surface area contributed by atoms with E-state index < -0.39 is 83.5 Å². The maximum absolute atomic E-state index is 13.5. The number of amides is 5. The van der Waals surface area contributed by atoms with Gasteiger partial charge in [0.25, 0.3) is 5.56 Å². The van der Waals surface area contributed by atoms with E-state index in [9.17, 15) is 43.8 Å². The van der Waals surface area contributed by atoms with Crippen LogP contribution in [0.5, 0.6) is 0 Å². The second-order valence-corrected chi connectivity index (χ2v) is 12.2. The summed E-state index contributed by atoms with van der Waals surface area (Å²) in [6, 6.07) is 1.41. The van der Waals surface area contributed by atoms with Crippen LogP contribution in [0.2, 0.25) is 0 Å².